The van der Waals surface area contributed by atoms with Gasteiger partial charge in [0.15, 0.2) is 0 Å². The van der Waals surface area contributed by atoms with Gasteiger partial charge in [0.25, 0.3) is 0 Å². The van der Waals surface area contributed by atoms with Crippen LogP contribution >= 0.6 is 12.6 Å². The number of rotatable bonds is 2. The van der Waals surface area contributed by atoms with Crippen LogP contribution in [0.3, 0.4) is 0 Å². The number of nitrogens with zero attached hydrogens (tertiary/aromatic N) is 1. The molecule has 0 aromatic rings. The van der Waals surface area contributed by atoms with Crippen LogP contribution in [-0.4, -0.2) is 30.7 Å². The Balaban J connectivity index is 0.00000121. The molecule has 0 aromatic carbocycles. The lowest BCUT2D eigenvalue weighted by atomic mass is 10.1. The highest BCUT2D eigenvalue weighted by Crippen LogP contribution is 2.23. The topological polar surface area (TPSA) is 29.5 Å². The van der Waals surface area contributed by atoms with Gasteiger partial charge in [0.1, 0.15) is 0 Å². The zero-order valence-electron chi connectivity index (χ0n) is 11.5. The summed E-state index contributed by atoms with van der Waals surface area (Å²) in [5.41, 5.74) is 1.37. The van der Waals surface area contributed by atoms with Gasteiger partial charge in [-0.05, 0) is 31.1 Å². The molecule has 1 aliphatic rings. The third kappa shape index (κ3) is 5.48. The Bertz CT molecular complexity index is 264. The third-order valence-electron chi connectivity index (χ3n) is 2.66. The molecular formula is C13H25NO2S. The highest BCUT2D eigenvalue weighted by molar-refractivity contribution is 7.84. The molecule has 0 spiro atoms. The highest BCUT2D eigenvalue weighted by atomic mass is 32.1. The first-order valence-electron chi connectivity index (χ1n) is 6.50. The van der Waals surface area contributed by atoms with Crippen LogP contribution < -0.4 is 0 Å². The van der Waals surface area contributed by atoms with E-state index in [0.717, 1.165) is 37.3 Å². The monoisotopic (exact) mass is 259 g/mol. The second-order valence-electron chi connectivity index (χ2n) is 3.59. The van der Waals surface area contributed by atoms with Gasteiger partial charge in [-0.2, -0.15) is 0 Å². The predicted molar refractivity (Wildman–Crippen MR) is 75.5 cm³/mol. The molecule has 0 radical (unpaired) electrons. The van der Waals surface area contributed by atoms with Crippen molar-refractivity contribution in [3.8, 4) is 0 Å². The molecule has 0 N–H and O–H groups in total. The fourth-order valence-electron chi connectivity index (χ4n) is 1.72. The van der Waals surface area contributed by atoms with E-state index in [-0.39, 0.29) is 6.09 Å². The summed E-state index contributed by atoms with van der Waals surface area (Å²) in [6, 6.07) is 0. The summed E-state index contributed by atoms with van der Waals surface area (Å²) >= 11 is 4.47. The van der Waals surface area contributed by atoms with Crippen LogP contribution in [0.1, 0.15) is 47.0 Å². The molecule has 1 heterocycles. The van der Waals surface area contributed by atoms with Gasteiger partial charge in [0.2, 0.25) is 0 Å². The van der Waals surface area contributed by atoms with Gasteiger partial charge >= 0.3 is 6.09 Å². The standard InChI is InChI=1S/C11H19NO2S.C2H6/c1-3-9-5-7-12(8-6-10(9)15)11(13)14-4-2;1-2/h15H,3-8H2,1-2H3;1-2H3. The predicted octanol–water partition coefficient (Wildman–Crippen LogP) is 3.86. The molecule has 0 unspecified atom stereocenters. The van der Waals surface area contributed by atoms with Crippen LogP contribution in [0, 0.1) is 0 Å². The number of hydrogen-bond donors (Lipinski definition) is 1. The maximum Gasteiger partial charge on any atom is 0.409 e. The Hall–Kier alpha value is -0.640. The lowest BCUT2D eigenvalue weighted by molar-refractivity contribution is 0.109. The number of carbonyl (C=O) groups is 1. The summed E-state index contributed by atoms with van der Waals surface area (Å²) in [5.74, 6) is 0. The van der Waals surface area contributed by atoms with Gasteiger partial charge in [-0.25, -0.2) is 4.79 Å². The van der Waals surface area contributed by atoms with Crippen molar-refractivity contribution in [3.05, 3.63) is 10.5 Å². The van der Waals surface area contributed by atoms with Gasteiger partial charge in [-0.1, -0.05) is 26.3 Å². The fraction of sp³-hybridized carbons (Fsp3) is 0.769. The number of carbonyl (C=O) groups excluding carboxylic acids is 1. The molecule has 17 heavy (non-hydrogen) atoms. The highest BCUT2D eigenvalue weighted by Gasteiger charge is 2.18. The second-order valence-corrected chi connectivity index (χ2v) is 4.13. The Kier molecular flexibility index (Phi) is 9.04. The first-order chi connectivity index (χ1) is 8.19. The third-order valence-corrected chi connectivity index (χ3v) is 3.20. The second kappa shape index (κ2) is 9.40. The van der Waals surface area contributed by atoms with Crippen LogP contribution in [0.2, 0.25) is 0 Å². The van der Waals surface area contributed by atoms with Crippen LogP contribution in [0.5, 0.6) is 0 Å². The summed E-state index contributed by atoms with van der Waals surface area (Å²) in [6.45, 7) is 9.88. The van der Waals surface area contributed by atoms with Gasteiger partial charge in [0, 0.05) is 13.1 Å². The molecule has 0 saturated heterocycles. The van der Waals surface area contributed by atoms with Gasteiger partial charge in [0.05, 0.1) is 6.61 Å². The SMILES string of the molecule is CC.CCOC(=O)N1CCC(S)=C(CC)CC1. The minimum atomic E-state index is -0.198. The molecular weight excluding hydrogens is 234 g/mol. The molecule has 0 saturated carbocycles. The zero-order chi connectivity index (χ0) is 13.3. The van der Waals surface area contributed by atoms with E-state index in [1.807, 2.05) is 20.8 Å². The molecule has 0 fully saturated rings. The molecule has 4 heteroatoms. The number of ether oxygens (including phenoxy) is 1. The molecule has 0 aliphatic carbocycles. The van der Waals surface area contributed by atoms with E-state index in [2.05, 4.69) is 19.6 Å². The largest absolute Gasteiger partial charge is 0.450 e. The maximum absolute atomic E-state index is 11.5. The fourth-order valence-corrected chi connectivity index (χ4v) is 2.09. The van der Waals surface area contributed by atoms with E-state index in [0.29, 0.717) is 6.61 Å². The van der Waals surface area contributed by atoms with E-state index < -0.39 is 0 Å². The molecule has 0 atom stereocenters. The van der Waals surface area contributed by atoms with Gasteiger partial charge in [-0.3, -0.25) is 0 Å². The maximum atomic E-state index is 11.5. The van der Waals surface area contributed by atoms with Crippen molar-refractivity contribution in [2.45, 2.75) is 47.0 Å². The molecule has 1 rings (SSSR count). The molecule has 3 nitrogen and oxygen atoms in total. The van der Waals surface area contributed by atoms with E-state index in [9.17, 15) is 4.79 Å². The van der Waals surface area contributed by atoms with Crippen LogP contribution in [0.25, 0.3) is 0 Å². The normalized spacial score (nSPS) is 15.9. The quantitative estimate of drug-likeness (QED) is 0.763. The van der Waals surface area contributed by atoms with Crippen molar-refractivity contribution < 1.29 is 9.53 Å². The summed E-state index contributed by atoms with van der Waals surface area (Å²) in [5, 5.41) is 0. The minimum absolute atomic E-state index is 0.198. The average Bonchev–Trinajstić information content (AvgIpc) is 2.54. The van der Waals surface area contributed by atoms with Crippen molar-refractivity contribution >= 4 is 18.7 Å². The lowest BCUT2D eigenvalue weighted by Crippen LogP contribution is -2.32. The Labute approximate surface area is 111 Å². The summed E-state index contributed by atoms with van der Waals surface area (Å²) < 4.78 is 4.98. The first-order valence-corrected chi connectivity index (χ1v) is 6.95. The van der Waals surface area contributed by atoms with Crippen molar-refractivity contribution in [3.63, 3.8) is 0 Å². The molecule has 100 valence electrons. The van der Waals surface area contributed by atoms with Crippen LogP contribution in [-0.2, 0) is 4.74 Å². The summed E-state index contributed by atoms with van der Waals surface area (Å²) in [6.07, 6.45) is 2.60. The van der Waals surface area contributed by atoms with Crippen molar-refractivity contribution in [1.29, 1.82) is 0 Å². The van der Waals surface area contributed by atoms with Crippen LogP contribution in [0.15, 0.2) is 10.5 Å². The lowest BCUT2D eigenvalue weighted by Gasteiger charge is -2.19. The van der Waals surface area contributed by atoms with Crippen molar-refractivity contribution in [1.82, 2.24) is 4.90 Å². The van der Waals surface area contributed by atoms with Crippen LogP contribution in [0.4, 0.5) is 4.79 Å². The Morgan fingerprint density at radius 2 is 1.88 bits per heavy atom. The van der Waals surface area contributed by atoms with E-state index in [4.69, 9.17) is 4.74 Å². The van der Waals surface area contributed by atoms with Gasteiger partial charge < -0.3 is 9.64 Å². The zero-order valence-corrected chi connectivity index (χ0v) is 12.3. The number of amides is 1. The van der Waals surface area contributed by atoms with Crippen molar-refractivity contribution in [2.75, 3.05) is 19.7 Å². The molecule has 1 aliphatic heterocycles. The molecule has 1 amide bonds. The van der Waals surface area contributed by atoms with Crippen molar-refractivity contribution in [2.24, 2.45) is 0 Å². The van der Waals surface area contributed by atoms with E-state index in [1.54, 1.807) is 4.90 Å². The van der Waals surface area contributed by atoms with E-state index in [1.165, 1.54) is 5.57 Å². The minimum Gasteiger partial charge on any atom is -0.450 e. The molecule has 0 aromatic heterocycles. The summed E-state index contributed by atoms with van der Waals surface area (Å²) in [4.78, 5) is 14.4. The molecule has 0 bridgehead atoms. The number of thiol groups is 1. The van der Waals surface area contributed by atoms with E-state index >= 15 is 0 Å². The number of hydrogen-bond acceptors (Lipinski definition) is 3. The Morgan fingerprint density at radius 1 is 1.29 bits per heavy atom. The Morgan fingerprint density at radius 3 is 2.41 bits per heavy atom. The van der Waals surface area contributed by atoms with Gasteiger partial charge in [-0.15, -0.1) is 12.6 Å². The summed E-state index contributed by atoms with van der Waals surface area (Å²) in [7, 11) is 0. The first kappa shape index (κ1) is 16.4. The average molecular weight is 259 g/mol. The smallest absolute Gasteiger partial charge is 0.409 e.